The van der Waals surface area contributed by atoms with Gasteiger partial charge in [-0.15, -0.1) is 0 Å². The van der Waals surface area contributed by atoms with Crippen LogP contribution in [0.1, 0.15) is 33.2 Å². The molecule has 2 aromatic carbocycles. The van der Waals surface area contributed by atoms with Crippen LogP contribution in [-0.2, 0) is 11.2 Å². The van der Waals surface area contributed by atoms with Gasteiger partial charge in [0.25, 0.3) is 11.8 Å². The van der Waals surface area contributed by atoms with Gasteiger partial charge in [0.05, 0.1) is 13.2 Å². The van der Waals surface area contributed by atoms with Crippen LogP contribution in [-0.4, -0.2) is 43.0 Å². The minimum absolute atomic E-state index is 0.0630. The summed E-state index contributed by atoms with van der Waals surface area (Å²) >= 11 is 0. The number of morpholine rings is 1. The first kappa shape index (κ1) is 17.2. The third-order valence-corrected chi connectivity index (χ3v) is 4.32. The summed E-state index contributed by atoms with van der Waals surface area (Å²) < 4.78 is 5.28. The Morgan fingerprint density at radius 3 is 2.52 bits per heavy atom. The normalized spacial score (nSPS) is 14.2. The van der Waals surface area contributed by atoms with Gasteiger partial charge in [0.2, 0.25) is 0 Å². The van der Waals surface area contributed by atoms with Gasteiger partial charge in [0.15, 0.2) is 0 Å². The second-order valence-corrected chi connectivity index (χ2v) is 5.95. The monoisotopic (exact) mass is 338 g/mol. The van der Waals surface area contributed by atoms with Gasteiger partial charge < -0.3 is 15.0 Å². The third-order valence-electron chi connectivity index (χ3n) is 4.32. The van der Waals surface area contributed by atoms with Crippen molar-refractivity contribution in [3.63, 3.8) is 0 Å². The molecule has 2 aromatic rings. The van der Waals surface area contributed by atoms with E-state index < -0.39 is 0 Å². The molecule has 0 saturated carbocycles. The van der Waals surface area contributed by atoms with Crippen LogP contribution in [0.3, 0.4) is 0 Å². The molecule has 5 nitrogen and oxygen atoms in total. The quantitative estimate of drug-likeness (QED) is 0.932. The summed E-state index contributed by atoms with van der Waals surface area (Å²) in [6.45, 7) is 4.32. The number of ether oxygens (including phenoxy) is 1. The fourth-order valence-corrected chi connectivity index (χ4v) is 2.89. The van der Waals surface area contributed by atoms with E-state index >= 15 is 0 Å². The molecule has 0 atom stereocenters. The first-order chi connectivity index (χ1) is 12.2. The average Bonchev–Trinajstić information content (AvgIpc) is 2.68. The molecule has 1 saturated heterocycles. The van der Waals surface area contributed by atoms with Gasteiger partial charge in [0, 0.05) is 29.9 Å². The molecule has 1 aliphatic rings. The fraction of sp³-hybridized carbons (Fsp3) is 0.300. The van der Waals surface area contributed by atoms with Gasteiger partial charge in [-0.3, -0.25) is 9.59 Å². The molecule has 1 N–H and O–H groups in total. The van der Waals surface area contributed by atoms with Crippen molar-refractivity contribution in [1.82, 2.24) is 4.90 Å². The highest BCUT2D eigenvalue weighted by molar-refractivity contribution is 6.06. The summed E-state index contributed by atoms with van der Waals surface area (Å²) in [6.07, 6.45) is 0.839. The van der Waals surface area contributed by atoms with Crippen molar-refractivity contribution < 1.29 is 14.3 Å². The Balaban J connectivity index is 1.76. The molecule has 0 aromatic heterocycles. The zero-order valence-electron chi connectivity index (χ0n) is 14.3. The zero-order valence-corrected chi connectivity index (χ0v) is 14.3. The molecule has 25 heavy (non-hydrogen) atoms. The number of carbonyl (C=O) groups excluding carboxylic acids is 2. The van der Waals surface area contributed by atoms with Crippen LogP contribution in [0.2, 0.25) is 0 Å². The van der Waals surface area contributed by atoms with Crippen molar-refractivity contribution in [1.29, 1.82) is 0 Å². The Morgan fingerprint density at radius 1 is 1.04 bits per heavy atom. The predicted molar refractivity (Wildman–Crippen MR) is 96.9 cm³/mol. The molecule has 2 amide bonds. The van der Waals surface area contributed by atoms with Gasteiger partial charge >= 0.3 is 0 Å². The zero-order chi connectivity index (χ0) is 17.6. The number of nitrogens with zero attached hydrogens (tertiary/aromatic N) is 1. The number of benzene rings is 2. The highest BCUT2D eigenvalue weighted by Gasteiger charge is 2.19. The molecule has 1 heterocycles. The highest BCUT2D eigenvalue weighted by atomic mass is 16.5. The third kappa shape index (κ3) is 4.06. The number of para-hydroxylation sites is 1. The molecular weight excluding hydrogens is 316 g/mol. The van der Waals surface area contributed by atoms with Crippen LogP contribution >= 0.6 is 0 Å². The summed E-state index contributed by atoms with van der Waals surface area (Å²) in [5.41, 5.74) is 2.89. The van der Waals surface area contributed by atoms with Gasteiger partial charge in [0.1, 0.15) is 0 Å². The molecule has 0 bridgehead atoms. The van der Waals surface area contributed by atoms with Crippen LogP contribution in [0, 0.1) is 0 Å². The lowest BCUT2D eigenvalue weighted by molar-refractivity contribution is 0.0303. The molecule has 3 rings (SSSR count). The summed E-state index contributed by atoms with van der Waals surface area (Å²) in [5, 5.41) is 2.94. The Morgan fingerprint density at radius 2 is 1.76 bits per heavy atom. The second kappa shape index (κ2) is 7.94. The smallest absolute Gasteiger partial charge is 0.255 e. The minimum Gasteiger partial charge on any atom is -0.378 e. The lowest BCUT2D eigenvalue weighted by Crippen LogP contribution is -2.40. The van der Waals surface area contributed by atoms with E-state index in [2.05, 4.69) is 5.32 Å². The summed E-state index contributed by atoms with van der Waals surface area (Å²) in [7, 11) is 0. The number of anilines is 1. The van der Waals surface area contributed by atoms with E-state index in [9.17, 15) is 9.59 Å². The maximum Gasteiger partial charge on any atom is 0.255 e. The van der Waals surface area contributed by atoms with E-state index in [1.165, 1.54) is 0 Å². The number of hydrogen-bond donors (Lipinski definition) is 1. The Kier molecular flexibility index (Phi) is 5.46. The van der Waals surface area contributed by atoms with Crippen molar-refractivity contribution in [2.75, 3.05) is 31.6 Å². The Bertz CT molecular complexity index is 767. The maximum absolute atomic E-state index is 12.6. The molecule has 130 valence electrons. The summed E-state index contributed by atoms with van der Waals surface area (Å²) in [5.74, 6) is -0.274. The summed E-state index contributed by atoms with van der Waals surface area (Å²) in [4.78, 5) is 26.9. The predicted octanol–water partition coefficient (Wildman–Crippen LogP) is 2.97. The van der Waals surface area contributed by atoms with Crippen LogP contribution in [0.5, 0.6) is 0 Å². The van der Waals surface area contributed by atoms with E-state index in [0.29, 0.717) is 37.4 Å². The molecule has 1 aliphatic heterocycles. The molecule has 0 aliphatic carbocycles. The van der Waals surface area contributed by atoms with Crippen LogP contribution in [0.25, 0.3) is 0 Å². The van der Waals surface area contributed by atoms with E-state index in [1.807, 2.05) is 31.2 Å². The van der Waals surface area contributed by atoms with Crippen molar-refractivity contribution >= 4 is 17.5 Å². The van der Waals surface area contributed by atoms with Crippen LogP contribution < -0.4 is 5.32 Å². The fourth-order valence-electron chi connectivity index (χ4n) is 2.89. The Hall–Kier alpha value is -2.66. The van der Waals surface area contributed by atoms with Crippen molar-refractivity contribution in [2.45, 2.75) is 13.3 Å². The number of nitrogens with one attached hydrogen (secondary N) is 1. The second-order valence-electron chi connectivity index (χ2n) is 5.95. The van der Waals surface area contributed by atoms with E-state index in [4.69, 9.17) is 4.74 Å². The first-order valence-corrected chi connectivity index (χ1v) is 8.55. The van der Waals surface area contributed by atoms with E-state index in [0.717, 1.165) is 17.7 Å². The molecule has 1 fully saturated rings. The number of amides is 2. The maximum atomic E-state index is 12.6. The molecule has 0 unspecified atom stereocenters. The topological polar surface area (TPSA) is 58.6 Å². The molecule has 5 heteroatoms. The largest absolute Gasteiger partial charge is 0.378 e. The first-order valence-electron chi connectivity index (χ1n) is 8.55. The Labute approximate surface area is 147 Å². The number of carbonyl (C=O) groups is 2. The number of rotatable bonds is 4. The number of hydrogen-bond acceptors (Lipinski definition) is 3. The minimum atomic E-state index is -0.211. The average molecular weight is 338 g/mol. The van der Waals surface area contributed by atoms with Crippen LogP contribution in [0.15, 0.2) is 48.5 Å². The van der Waals surface area contributed by atoms with Crippen molar-refractivity contribution in [3.05, 3.63) is 65.2 Å². The van der Waals surface area contributed by atoms with E-state index in [1.54, 1.807) is 29.2 Å². The lowest BCUT2D eigenvalue weighted by Gasteiger charge is -2.27. The highest BCUT2D eigenvalue weighted by Crippen LogP contribution is 2.17. The van der Waals surface area contributed by atoms with Crippen LogP contribution in [0.4, 0.5) is 5.69 Å². The lowest BCUT2D eigenvalue weighted by atomic mass is 10.1. The molecular formula is C20H22N2O3. The van der Waals surface area contributed by atoms with Gasteiger partial charge in [-0.2, -0.15) is 0 Å². The van der Waals surface area contributed by atoms with Crippen molar-refractivity contribution in [3.8, 4) is 0 Å². The standard InChI is InChI=1S/C20H22N2O3/c1-2-15-6-3-4-9-18(15)21-19(23)16-7-5-8-17(14-16)20(24)22-10-12-25-13-11-22/h3-9,14H,2,10-13H2,1H3,(H,21,23). The SMILES string of the molecule is CCc1ccccc1NC(=O)c1cccc(C(=O)N2CCOCC2)c1. The van der Waals surface area contributed by atoms with Gasteiger partial charge in [-0.05, 0) is 36.2 Å². The molecule has 0 radical (unpaired) electrons. The molecule has 0 spiro atoms. The van der Waals surface area contributed by atoms with Crippen molar-refractivity contribution in [2.24, 2.45) is 0 Å². The summed E-state index contributed by atoms with van der Waals surface area (Å²) in [6, 6.07) is 14.6. The number of aryl methyl sites for hydroxylation is 1. The van der Waals surface area contributed by atoms with Gasteiger partial charge in [-0.1, -0.05) is 31.2 Å². The van der Waals surface area contributed by atoms with E-state index in [-0.39, 0.29) is 11.8 Å². The van der Waals surface area contributed by atoms with Gasteiger partial charge in [-0.25, -0.2) is 0 Å².